The number of nitrogens with zero attached hydrogens (tertiary/aromatic N) is 2. The zero-order valence-corrected chi connectivity index (χ0v) is 29.6. The molecule has 0 N–H and O–H groups in total. The molecular formula is C51H38N2. The van der Waals surface area contributed by atoms with E-state index in [2.05, 4.69) is 168 Å². The first kappa shape index (κ1) is 30.4. The number of benzene rings is 6. The van der Waals surface area contributed by atoms with Gasteiger partial charge in [-0.1, -0.05) is 134 Å². The van der Waals surface area contributed by atoms with Gasteiger partial charge in [0.1, 0.15) is 5.82 Å². The van der Waals surface area contributed by atoms with Gasteiger partial charge in [-0.2, -0.15) is 0 Å². The van der Waals surface area contributed by atoms with Gasteiger partial charge in [-0.05, 0) is 133 Å². The molecule has 4 aliphatic rings. The molecule has 0 spiro atoms. The van der Waals surface area contributed by atoms with Crippen molar-refractivity contribution >= 4 is 67.6 Å². The van der Waals surface area contributed by atoms with E-state index in [1.807, 2.05) is 0 Å². The van der Waals surface area contributed by atoms with Crippen LogP contribution >= 0.6 is 0 Å². The van der Waals surface area contributed by atoms with Crippen molar-refractivity contribution in [1.82, 2.24) is 9.55 Å². The minimum atomic E-state index is 0.462. The van der Waals surface area contributed by atoms with Gasteiger partial charge in [-0.3, -0.25) is 4.57 Å². The fourth-order valence-corrected chi connectivity index (χ4v) is 9.43. The highest BCUT2D eigenvalue weighted by atomic mass is 15.1. The van der Waals surface area contributed by atoms with Crippen molar-refractivity contribution in [3.63, 3.8) is 0 Å². The molecule has 252 valence electrons. The third-order valence-electron chi connectivity index (χ3n) is 11.8. The Balaban J connectivity index is 1.12. The third kappa shape index (κ3) is 4.82. The summed E-state index contributed by atoms with van der Waals surface area (Å²) < 4.78 is 2.38. The van der Waals surface area contributed by atoms with Crippen molar-refractivity contribution in [2.45, 2.75) is 32.1 Å². The summed E-state index contributed by atoms with van der Waals surface area (Å²) in [6.45, 7) is 0. The molecule has 0 amide bonds. The number of rotatable bonds is 4. The lowest BCUT2D eigenvalue weighted by molar-refractivity contribution is 0.864. The number of hydrogen-bond donors (Lipinski definition) is 0. The summed E-state index contributed by atoms with van der Waals surface area (Å²) in [5.74, 6) is 1.47. The van der Waals surface area contributed by atoms with E-state index in [1.54, 1.807) is 0 Å². The van der Waals surface area contributed by atoms with E-state index in [-0.39, 0.29) is 0 Å². The van der Waals surface area contributed by atoms with E-state index in [4.69, 9.17) is 4.98 Å². The molecule has 0 radical (unpaired) electrons. The number of hydrogen-bond acceptors (Lipinski definition) is 1. The Bertz CT molecular complexity index is 3070. The van der Waals surface area contributed by atoms with Crippen molar-refractivity contribution in [3.8, 4) is 22.5 Å². The molecule has 53 heavy (non-hydrogen) atoms. The van der Waals surface area contributed by atoms with Gasteiger partial charge in [-0.25, -0.2) is 4.98 Å². The predicted molar refractivity (Wildman–Crippen MR) is 224 cm³/mol. The summed E-state index contributed by atoms with van der Waals surface area (Å²) in [5.41, 5.74) is 11.6. The number of imidazole rings is 1. The maximum absolute atomic E-state index is 5.12. The van der Waals surface area contributed by atoms with Crippen LogP contribution in [0.2, 0.25) is 0 Å². The molecule has 0 saturated carbocycles. The zero-order valence-electron chi connectivity index (χ0n) is 29.6. The van der Waals surface area contributed by atoms with Crippen LogP contribution in [-0.2, 0) is 0 Å². The summed E-state index contributed by atoms with van der Waals surface area (Å²) >= 11 is 0. The van der Waals surface area contributed by atoms with Crippen LogP contribution in [0.5, 0.6) is 0 Å². The lowest BCUT2D eigenvalue weighted by atomic mass is 9.82. The van der Waals surface area contributed by atoms with E-state index in [9.17, 15) is 0 Å². The van der Waals surface area contributed by atoms with Crippen molar-refractivity contribution < 1.29 is 0 Å². The zero-order chi connectivity index (χ0) is 34.9. The topological polar surface area (TPSA) is 17.8 Å². The van der Waals surface area contributed by atoms with Gasteiger partial charge in [0.25, 0.3) is 0 Å². The van der Waals surface area contributed by atoms with E-state index in [0.29, 0.717) is 5.92 Å². The third-order valence-corrected chi connectivity index (χ3v) is 11.8. The van der Waals surface area contributed by atoms with Crippen molar-refractivity contribution in [1.29, 1.82) is 0 Å². The minimum Gasteiger partial charge on any atom is -0.296 e. The first-order valence-corrected chi connectivity index (χ1v) is 19.1. The molecule has 1 heterocycles. The van der Waals surface area contributed by atoms with Crippen LogP contribution in [0.3, 0.4) is 0 Å². The molecule has 1 unspecified atom stereocenters. The lowest BCUT2D eigenvalue weighted by Gasteiger charge is -2.23. The van der Waals surface area contributed by atoms with Gasteiger partial charge >= 0.3 is 0 Å². The van der Waals surface area contributed by atoms with Crippen molar-refractivity contribution in [2.24, 2.45) is 5.92 Å². The normalized spacial score (nSPS) is 17.4. The van der Waals surface area contributed by atoms with Crippen LogP contribution in [0.15, 0.2) is 146 Å². The molecule has 1 atom stereocenters. The second kappa shape index (κ2) is 12.2. The number of aromatic nitrogens is 2. The highest BCUT2D eigenvalue weighted by Gasteiger charge is 2.23. The lowest BCUT2D eigenvalue weighted by Crippen LogP contribution is -2.34. The first-order valence-electron chi connectivity index (χ1n) is 19.1. The average molecular weight is 679 g/mol. The van der Waals surface area contributed by atoms with Crippen molar-refractivity contribution in [2.75, 3.05) is 0 Å². The molecule has 6 aromatic carbocycles. The van der Waals surface area contributed by atoms with Crippen LogP contribution in [0.1, 0.15) is 37.7 Å². The van der Waals surface area contributed by atoms with Crippen LogP contribution in [0.25, 0.3) is 90.2 Å². The monoisotopic (exact) mass is 678 g/mol. The second-order valence-electron chi connectivity index (χ2n) is 14.8. The molecule has 0 fully saturated rings. The quantitative estimate of drug-likeness (QED) is 0.181. The minimum absolute atomic E-state index is 0.462. The standard InChI is InChI=1S/C51H38N2/c1-2-14-35(15-3-1)51-52-47-23-10-11-24-48(47)53(51)38-29-27-34(28-30-38)49-40-18-6-8-20-42(40)50(43-21-9-7-19-41(43)49)44-22-12-16-36-31-37-26-25-33-13-4-5-17-39(33)45(37)32-46(36)44/h1-6,8,10-24,26-27,29,31-33H,7,9,25,28,30H2. The average Bonchev–Trinajstić information content (AvgIpc) is 3.62. The van der Waals surface area contributed by atoms with Gasteiger partial charge in [-0.15, -0.1) is 0 Å². The fraction of sp³-hybridized carbons (Fsp3) is 0.118. The molecule has 0 aliphatic heterocycles. The Morgan fingerprint density at radius 1 is 0.642 bits per heavy atom. The van der Waals surface area contributed by atoms with Gasteiger partial charge in [0.05, 0.1) is 11.0 Å². The molecule has 11 rings (SSSR count). The van der Waals surface area contributed by atoms with Crippen LogP contribution in [-0.4, -0.2) is 9.55 Å². The van der Waals surface area contributed by atoms with E-state index < -0.39 is 0 Å². The summed E-state index contributed by atoms with van der Waals surface area (Å²) in [6.07, 6.45) is 26.4. The molecular weight excluding hydrogens is 641 g/mol. The summed E-state index contributed by atoms with van der Waals surface area (Å²) in [5, 5.41) is 10.8. The maximum Gasteiger partial charge on any atom is 0.145 e. The van der Waals surface area contributed by atoms with Crippen LogP contribution < -0.4 is 20.9 Å². The summed E-state index contributed by atoms with van der Waals surface area (Å²) in [6, 6.07) is 40.1. The largest absolute Gasteiger partial charge is 0.296 e. The van der Waals surface area contributed by atoms with Crippen LogP contribution in [0, 0.1) is 5.92 Å². The Hall–Kier alpha value is -6.25. The Morgan fingerprint density at radius 3 is 2.28 bits per heavy atom. The fourth-order valence-electron chi connectivity index (χ4n) is 9.43. The Labute approximate surface area is 308 Å². The number of fused-ring (bicyclic) bond motifs is 6. The van der Waals surface area contributed by atoms with Crippen molar-refractivity contribution in [3.05, 3.63) is 172 Å². The first-order chi connectivity index (χ1) is 26.3. The second-order valence-corrected chi connectivity index (χ2v) is 14.8. The van der Waals surface area contributed by atoms with Gasteiger partial charge < -0.3 is 0 Å². The highest BCUT2D eigenvalue weighted by Crippen LogP contribution is 2.38. The SMILES string of the molecule is C1=CC2=c3cc4c(-c5c6c(c(C7=CC=C(n8c(-c9ccccc9)nc9ccccc98)CC7)c7ccccc57)=CCCC=6)cccc4cc3=CCC2C=C1. The van der Waals surface area contributed by atoms with Gasteiger partial charge in [0.2, 0.25) is 0 Å². The van der Waals surface area contributed by atoms with E-state index >= 15 is 0 Å². The number of allylic oxidation sites excluding steroid dienone is 8. The molecule has 7 aromatic rings. The Kier molecular flexibility index (Phi) is 6.98. The summed E-state index contributed by atoms with van der Waals surface area (Å²) in [4.78, 5) is 5.12. The summed E-state index contributed by atoms with van der Waals surface area (Å²) in [7, 11) is 0. The molecule has 2 heteroatoms. The highest BCUT2D eigenvalue weighted by molar-refractivity contribution is 6.09. The van der Waals surface area contributed by atoms with E-state index in [0.717, 1.165) is 54.5 Å². The Morgan fingerprint density at radius 2 is 1.43 bits per heavy atom. The molecule has 0 bridgehead atoms. The molecule has 2 nitrogen and oxygen atoms in total. The maximum atomic E-state index is 5.12. The molecule has 1 aromatic heterocycles. The van der Waals surface area contributed by atoms with Gasteiger partial charge in [0, 0.05) is 17.2 Å². The predicted octanol–water partition coefficient (Wildman–Crippen LogP) is 9.83. The molecule has 0 saturated heterocycles. The number of para-hydroxylation sites is 2. The molecule has 4 aliphatic carbocycles. The van der Waals surface area contributed by atoms with Crippen LogP contribution in [0.4, 0.5) is 0 Å². The smallest absolute Gasteiger partial charge is 0.145 e. The van der Waals surface area contributed by atoms with Gasteiger partial charge in [0.15, 0.2) is 0 Å². The van der Waals surface area contributed by atoms with E-state index in [1.165, 1.54) is 76.0 Å².